The quantitative estimate of drug-likeness (QED) is 0.644. The summed E-state index contributed by atoms with van der Waals surface area (Å²) in [5.41, 5.74) is 1.52. The van der Waals surface area contributed by atoms with Crippen LogP contribution in [0.2, 0.25) is 0 Å². The van der Waals surface area contributed by atoms with Gasteiger partial charge in [0.25, 0.3) is 0 Å². The molecule has 0 aromatic carbocycles. The molecule has 0 amide bonds. The zero-order valence-corrected chi connectivity index (χ0v) is 17.0. The van der Waals surface area contributed by atoms with Gasteiger partial charge in [0, 0.05) is 64.3 Å². The smallest absolute Gasteiger partial charge is 0.193 e. The average molecular weight is 390 g/mol. The van der Waals surface area contributed by atoms with Crippen LogP contribution < -0.4 is 10.2 Å². The summed E-state index contributed by atoms with van der Waals surface area (Å²) >= 11 is 3.73. The van der Waals surface area contributed by atoms with Gasteiger partial charge in [-0.25, -0.2) is 0 Å². The van der Waals surface area contributed by atoms with E-state index >= 15 is 0 Å². The molecule has 0 atom stereocenters. The number of piperazine rings is 1. The zero-order chi connectivity index (χ0) is 17.8. The van der Waals surface area contributed by atoms with Crippen LogP contribution in [0.4, 0.5) is 5.00 Å². The van der Waals surface area contributed by atoms with E-state index in [1.165, 1.54) is 23.5 Å². The van der Waals surface area contributed by atoms with Crippen molar-refractivity contribution in [3.05, 3.63) is 39.4 Å². The van der Waals surface area contributed by atoms with Crippen molar-refractivity contribution in [2.24, 2.45) is 4.99 Å². The lowest BCUT2D eigenvalue weighted by atomic mass is 10.1. The molecule has 5 nitrogen and oxygen atoms in total. The van der Waals surface area contributed by atoms with Crippen molar-refractivity contribution in [1.29, 1.82) is 0 Å². The summed E-state index contributed by atoms with van der Waals surface area (Å²) in [5.74, 6) is 1.05. The van der Waals surface area contributed by atoms with Gasteiger partial charge in [0.1, 0.15) is 0 Å². The molecule has 4 rings (SSSR count). The summed E-state index contributed by atoms with van der Waals surface area (Å²) in [6.45, 7) is 8.48. The molecule has 0 spiro atoms. The minimum atomic E-state index is 0.956. The highest BCUT2D eigenvalue weighted by Crippen LogP contribution is 2.24. The standard InChI is InChI=1S/C19H27N5S2/c1-20-19(24-11-9-23(10-12-24)18-3-2-13-26-18)21-6-8-22-7-4-17-16(15-22)5-14-25-17/h2-3,5,13-14H,4,6-12,15H2,1H3,(H,20,21). The molecule has 0 bridgehead atoms. The minimum absolute atomic E-state index is 0.956. The van der Waals surface area contributed by atoms with Gasteiger partial charge >= 0.3 is 0 Å². The van der Waals surface area contributed by atoms with E-state index < -0.39 is 0 Å². The Hall–Kier alpha value is -1.57. The van der Waals surface area contributed by atoms with Crippen LogP contribution in [0.25, 0.3) is 0 Å². The first-order valence-electron chi connectivity index (χ1n) is 9.35. The Bertz CT molecular complexity index is 716. The van der Waals surface area contributed by atoms with Gasteiger partial charge in [-0.3, -0.25) is 9.89 Å². The van der Waals surface area contributed by atoms with Gasteiger partial charge in [0.2, 0.25) is 0 Å². The predicted molar refractivity (Wildman–Crippen MR) is 113 cm³/mol. The SMILES string of the molecule is CN=C(NCCN1CCc2sccc2C1)N1CCN(c2cccs2)CC1. The fraction of sp³-hybridized carbons (Fsp3) is 0.526. The molecule has 140 valence electrons. The number of hydrogen-bond donors (Lipinski definition) is 1. The number of nitrogens with one attached hydrogen (secondary N) is 1. The molecule has 0 unspecified atom stereocenters. The Morgan fingerprint density at radius 2 is 2.00 bits per heavy atom. The lowest BCUT2D eigenvalue weighted by Gasteiger charge is -2.37. The second-order valence-electron chi connectivity index (χ2n) is 6.79. The largest absolute Gasteiger partial charge is 0.360 e. The molecule has 1 N–H and O–H groups in total. The molecule has 2 aliphatic rings. The molecular formula is C19H27N5S2. The van der Waals surface area contributed by atoms with E-state index in [0.717, 1.165) is 51.8 Å². The Morgan fingerprint density at radius 3 is 2.77 bits per heavy atom. The van der Waals surface area contributed by atoms with Crippen molar-refractivity contribution in [3.8, 4) is 0 Å². The molecule has 2 aliphatic heterocycles. The Morgan fingerprint density at radius 1 is 1.12 bits per heavy atom. The molecule has 7 heteroatoms. The number of nitrogens with zero attached hydrogens (tertiary/aromatic N) is 4. The van der Waals surface area contributed by atoms with E-state index in [4.69, 9.17) is 0 Å². The second-order valence-corrected chi connectivity index (χ2v) is 8.72. The summed E-state index contributed by atoms with van der Waals surface area (Å²) in [5, 5.41) is 9.34. The fourth-order valence-corrected chi connectivity index (χ4v) is 5.42. The van der Waals surface area contributed by atoms with Crippen molar-refractivity contribution in [2.75, 3.05) is 57.8 Å². The van der Waals surface area contributed by atoms with Crippen LogP contribution in [0.5, 0.6) is 0 Å². The monoisotopic (exact) mass is 389 g/mol. The van der Waals surface area contributed by atoms with Crippen LogP contribution in [0.15, 0.2) is 34.0 Å². The summed E-state index contributed by atoms with van der Waals surface area (Å²) in [6, 6.07) is 6.63. The third-order valence-corrected chi connectivity index (χ3v) is 7.16. The molecule has 1 saturated heterocycles. The van der Waals surface area contributed by atoms with Crippen molar-refractivity contribution >= 4 is 33.6 Å². The van der Waals surface area contributed by atoms with Gasteiger partial charge in [-0.1, -0.05) is 0 Å². The number of rotatable bonds is 4. The van der Waals surface area contributed by atoms with Crippen LogP contribution in [-0.4, -0.2) is 68.6 Å². The van der Waals surface area contributed by atoms with Gasteiger partial charge < -0.3 is 15.1 Å². The molecule has 2 aromatic rings. The van der Waals surface area contributed by atoms with Crippen LogP contribution in [0.1, 0.15) is 10.4 Å². The van der Waals surface area contributed by atoms with Crippen LogP contribution in [0, 0.1) is 0 Å². The van der Waals surface area contributed by atoms with Crippen molar-refractivity contribution in [1.82, 2.24) is 15.1 Å². The van der Waals surface area contributed by atoms with Crippen LogP contribution in [-0.2, 0) is 13.0 Å². The molecule has 4 heterocycles. The van der Waals surface area contributed by atoms with Gasteiger partial charge in [0.05, 0.1) is 5.00 Å². The third kappa shape index (κ3) is 4.05. The Kier molecular flexibility index (Phi) is 5.77. The van der Waals surface area contributed by atoms with Gasteiger partial charge in [-0.2, -0.15) is 0 Å². The molecule has 0 aliphatic carbocycles. The van der Waals surface area contributed by atoms with Gasteiger partial charge in [0.15, 0.2) is 5.96 Å². The maximum atomic E-state index is 4.51. The normalized spacial score (nSPS) is 18.9. The first-order valence-corrected chi connectivity index (χ1v) is 11.1. The number of aliphatic imine (C=N–C) groups is 1. The summed E-state index contributed by atoms with van der Waals surface area (Å²) in [7, 11) is 1.90. The van der Waals surface area contributed by atoms with Crippen LogP contribution >= 0.6 is 22.7 Å². The van der Waals surface area contributed by atoms with Crippen molar-refractivity contribution in [2.45, 2.75) is 13.0 Å². The van der Waals surface area contributed by atoms with E-state index in [1.807, 2.05) is 29.7 Å². The lowest BCUT2D eigenvalue weighted by Crippen LogP contribution is -2.53. The van der Waals surface area contributed by atoms with Crippen molar-refractivity contribution < 1.29 is 0 Å². The molecule has 26 heavy (non-hydrogen) atoms. The van der Waals surface area contributed by atoms with Gasteiger partial charge in [-0.05, 0) is 40.9 Å². The molecule has 0 radical (unpaired) electrons. The minimum Gasteiger partial charge on any atom is -0.360 e. The number of hydrogen-bond acceptors (Lipinski definition) is 5. The van der Waals surface area contributed by atoms with Crippen LogP contribution in [0.3, 0.4) is 0 Å². The number of thiophene rings is 2. The summed E-state index contributed by atoms with van der Waals surface area (Å²) in [4.78, 5) is 13.5. The summed E-state index contributed by atoms with van der Waals surface area (Å²) < 4.78 is 0. The highest BCUT2D eigenvalue weighted by atomic mass is 32.1. The predicted octanol–water partition coefficient (Wildman–Crippen LogP) is 2.57. The molecular weight excluding hydrogens is 362 g/mol. The number of guanidine groups is 1. The van der Waals surface area contributed by atoms with E-state index in [0.29, 0.717) is 0 Å². The van der Waals surface area contributed by atoms with E-state index in [-0.39, 0.29) is 0 Å². The summed E-state index contributed by atoms with van der Waals surface area (Å²) in [6.07, 6.45) is 1.20. The topological polar surface area (TPSA) is 34.1 Å². The van der Waals surface area contributed by atoms with E-state index in [9.17, 15) is 0 Å². The van der Waals surface area contributed by atoms with E-state index in [2.05, 4.69) is 54.0 Å². The van der Waals surface area contributed by atoms with Crippen molar-refractivity contribution in [3.63, 3.8) is 0 Å². The van der Waals surface area contributed by atoms with Gasteiger partial charge in [-0.15, -0.1) is 22.7 Å². The lowest BCUT2D eigenvalue weighted by molar-refractivity contribution is 0.258. The first kappa shape index (κ1) is 17.8. The number of anilines is 1. The Labute approximate surface area is 163 Å². The Balaban J connectivity index is 1.22. The van der Waals surface area contributed by atoms with E-state index in [1.54, 1.807) is 4.88 Å². The highest BCUT2D eigenvalue weighted by Gasteiger charge is 2.21. The number of fused-ring (bicyclic) bond motifs is 1. The third-order valence-electron chi connectivity index (χ3n) is 5.21. The molecule has 2 aromatic heterocycles. The molecule has 0 saturated carbocycles. The fourth-order valence-electron chi connectivity index (χ4n) is 3.74. The molecule has 1 fully saturated rings. The zero-order valence-electron chi connectivity index (χ0n) is 15.4. The average Bonchev–Trinajstić information content (AvgIpc) is 3.37. The second kappa shape index (κ2) is 8.41. The maximum absolute atomic E-state index is 4.51. The highest BCUT2D eigenvalue weighted by molar-refractivity contribution is 7.14. The first-order chi connectivity index (χ1) is 12.8. The maximum Gasteiger partial charge on any atom is 0.193 e.